The molecule has 11 heavy (non-hydrogen) atoms. The van der Waals surface area contributed by atoms with E-state index in [-0.39, 0.29) is 5.25 Å². The molecule has 0 aromatic rings. The van der Waals surface area contributed by atoms with Crippen LogP contribution < -0.4 is 0 Å². The lowest BCUT2D eigenvalue weighted by Gasteiger charge is -2.13. The molecule has 0 heterocycles. The molecule has 0 fully saturated rings. The second-order valence-corrected chi connectivity index (χ2v) is 3.80. The Morgan fingerprint density at radius 3 is 2.73 bits per heavy atom. The van der Waals surface area contributed by atoms with Crippen molar-refractivity contribution >= 4 is 11.1 Å². The molecule has 0 amide bonds. The third-order valence-corrected chi connectivity index (χ3v) is 2.37. The predicted octanol–water partition coefficient (Wildman–Crippen LogP) is 1.34. The number of nitriles is 1. The van der Waals surface area contributed by atoms with Crippen molar-refractivity contribution in [1.29, 1.82) is 5.26 Å². The number of hydrogen-bond acceptors (Lipinski definition) is 3. The molecule has 0 radical (unpaired) electrons. The maximum Gasteiger partial charge on any atom is 0.0621 e. The lowest BCUT2D eigenvalue weighted by molar-refractivity contribution is 0.516. The van der Waals surface area contributed by atoms with Gasteiger partial charge in [-0.2, -0.15) is 5.26 Å². The summed E-state index contributed by atoms with van der Waals surface area (Å²) in [5.74, 6) is 0. The van der Waals surface area contributed by atoms with Crippen molar-refractivity contribution in [3.8, 4) is 6.07 Å². The van der Waals surface area contributed by atoms with Gasteiger partial charge in [0.1, 0.15) is 0 Å². The first-order valence-electron chi connectivity index (χ1n) is 3.63. The monoisotopic (exact) mass is 174 g/mol. The number of rotatable bonds is 5. The molecule has 2 atom stereocenters. The van der Waals surface area contributed by atoms with Crippen molar-refractivity contribution < 1.29 is 8.76 Å². The molecule has 3 nitrogen and oxygen atoms in total. The topological polar surface area (TPSA) is 63.9 Å². The van der Waals surface area contributed by atoms with Gasteiger partial charge in [-0.3, -0.25) is 4.21 Å². The fraction of sp³-hybridized carbons (Fsp3) is 0.857. The van der Waals surface area contributed by atoms with Gasteiger partial charge in [0.05, 0.1) is 6.07 Å². The number of unbranched alkanes of at least 4 members (excludes halogenated alkanes) is 2. The number of nitrogens with zero attached hydrogens (tertiary/aromatic N) is 1. The van der Waals surface area contributed by atoms with E-state index in [0.717, 1.165) is 12.8 Å². The summed E-state index contributed by atoms with van der Waals surface area (Å²) < 4.78 is 20.6. The third kappa shape index (κ3) is 6.02. The van der Waals surface area contributed by atoms with Gasteiger partial charge in [0, 0.05) is 11.7 Å². The van der Waals surface area contributed by atoms with Gasteiger partial charge < -0.3 is 4.55 Å². The zero-order valence-electron chi connectivity index (χ0n) is 6.58. The molecule has 0 aliphatic carbocycles. The fourth-order valence-corrected chi connectivity index (χ4v) is 1.09. The molecule has 0 bridgehead atoms. The Kier molecular flexibility index (Phi) is 6.09. The second kappa shape index (κ2) is 6.32. The summed E-state index contributed by atoms with van der Waals surface area (Å²) in [4.78, 5) is 0. The van der Waals surface area contributed by atoms with Gasteiger partial charge in [-0.1, -0.05) is 24.4 Å². The molecule has 0 aromatic carbocycles. The van der Waals surface area contributed by atoms with E-state index in [4.69, 9.17) is 5.26 Å². The van der Waals surface area contributed by atoms with E-state index in [1.807, 2.05) is 6.07 Å². The summed E-state index contributed by atoms with van der Waals surface area (Å²) in [5, 5.41) is 7.90. The van der Waals surface area contributed by atoms with Gasteiger partial charge in [0.2, 0.25) is 0 Å². The SMILES string of the molecule is CC(CCCCC#N)S(=O)[O-]. The van der Waals surface area contributed by atoms with Crippen LogP contribution >= 0.6 is 0 Å². The van der Waals surface area contributed by atoms with Crippen LogP contribution in [0.2, 0.25) is 0 Å². The van der Waals surface area contributed by atoms with Crippen molar-refractivity contribution in [2.75, 3.05) is 0 Å². The van der Waals surface area contributed by atoms with E-state index in [1.54, 1.807) is 6.92 Å². The average Bonchev–Trinajstić information content (AvgIpc) is 1.97. The summed E-state index contributed by atoms with van der Waals surface area (Å²) in [6.07, 6.45) is 2.82. The van der Waals surface area contributed by atoms with E-state index in [1.165, 1.54) is 0 Å². The summed E-state index contributed by atoms with van der Waals surface area (Å²) in [6.45, 7) is 1.68. The normalized spacial score (nSPS) is 15.4. The van der Waals surface area contributed by atoms with Crippen LogP contribution in [0, 0.1) is 11.3 Å². The molecular weight excluding hydrogens is 162 g/mol. The highest BCUT2D eigenvalue weighted by molar-refractivity contribution is 7.79. The lowest BCUT2D eigenvalue weighted by Crippen LogP contribution is -2.09. The molecule has 0 aromatic heterocycles. The van der Waals surface area contributed by atoms with E-state index >= 15 is 0 Å². The molecule has 64 valence electrons. The fourth-order valence-electron chi connectivity index (χ4n) is 0.732. The van der Waals surface area contributed by atoms with Crippen LogP contribution in [-0.2, 0) is 11.1 Å². The highest BCUT2D eigenvalue weighted by Crippen LogP contribution is 2.06. The summed E-state index contributed by atoms with van der Waals surface area (Å²) >= 11 is -1.95. The van der Waals surface area contributed by atoms with Crippen molar-refractivity contribution in [3.05, 3.63) is 0 Å². The quantitative estimate of drug-likeness (QED) is 0.466. The van der Waals surface area contributed by atoms with Crippen LogP contribution in [0.15, 0.2) is 0 Å². The molecule has 0 aliphatic rings. The van der Waals surface area contributed by atoms with Crippen molar-refractivity contribution in [2.24, 2.45) is 0 Å². The van der Waals surface area contributed by atoms with Crippen LogP contribution in [0.25, 0.3) is 0 Å². The van der Waals surface area contributed by atoms with Gasteiger partial charge in [-0.15, -0.1) is 0 Å². The molecule has 0 rings (SSSR count). The van der Waals surface area contributed by atoms with Crippen molar-refractivity contribution in [3.63, 3.8) is 0 Å². The maximum atomic E-state index is 10.3. The maximum absolute atomic E-state index is 10.3. The van der Waals surface area contributed by atoms with Crippen LogP contribution in [0.3, 0.4) is 0 Å². The minimum absolute atomic E-state index is 0.270. The molecular formula is C7H12NO2S-. The van der Waals surface area contributed by atoms with Crippen molar-refractivity contribution in [1.82, 2.24) is 0 Å². The van der Waals surface area contributed by atoms with Crippen LogP contribution in [0.5, 0.6) is 0 Å². The zero-order chi connectivity index (χ0) is 8.69. The largest absolute Gasteiger partial charge is 0.772 e. The van der Waals surface area contributed by atoms with Gasteiger partial charge in [0.15, 0.2) is 0 Å². The zero-order valence-corrected chi connectivity index (χ0v) is 7.39. The Balaban J connectivity index is 3.26. The van der Waals surface area contributed by atoms with Gasteiger partial charge in [-0.25, -0.2) is 0 Å². The lowest BCUT2D eigenvalue weighted by atomic mass is 10.2. The Labute approximate surface area is 69.7 Å². The minimum Gasteiger partial charge on any atom is -0.772 e. The summed E-state index contributed by atoms with van der Waals surface area (Å²) in [7, 11) is 0. The standard InChI is InChI=1S/C7H13NO2S/c1-7(11(9)10)5-3-2-4-6-8/h7H,2-5H2,1H3,(H,9,10)/p-1. The van der Waals surface area contributed by atoms with Gasteiger partial charge in [0.25, 0.3) is 0 Å². The Hall–Kier alpha value is -0.400. The van der Waals surface area contributed by atoms with E-state index in [2.05, 4.69) is 0 Å². The molecule has 4 heteroatoms. The molecule has 2 unspecified atom stereocenters. The predicted molar refractivity (Wildman–Crippen MR) is 42.5 cm³/mol. The second-order valence-electron chi connectivity index (χ2n) is 2.48. The molecule has 0 aliphatic heterocycles. The first-order valence-corrected chi connectivity index (χ1v) is 4.77. The van der Waals surface area contributed by atoms with Crippen LogP contribution in [0.4, 0.5) is 0 Å². The van der Waals surface area contributed by atoms with Gasteiger partial charge >= 0.3 is 0 Å². The highest BCUT2D eigenvalue weighted by atomic mass is 32.2. The first kappa shape index (κ1) is 10.6. The Morgan fingerprint density at radius 2 is 2.27 bits per heavy atom. The Morgan fingerprint density at radius 1 is 1.64 bits per heavy atom. The molecule has 0 saturated heterocycles. The van der Waals surface area contributed by atoms with Gasteiger partial charge in [-0.05, 0) is 12.8 Å². The van der Waals surface area contributed by atoms with E-state index in [0.29, 0.717) is 12.8 Å². The highest BCUT2D eigenvalue weighted by Gasteiger charge is 2.00. The minimum atomic E-state index is -1.95. The summed E-state index contributed by atoms with van der Waals surface area (Å²) in [6, 6.07) is 2.02. The molecule has 0 saturated carbocycles. The van der Waals surface area contributed by atoms with E-state index < -0.39 is 11.1 Å². The van der Waals surface area contributed by atoms with Crippen LogP contribution in [-0.4, -0.2) is 14.0 Å². The smallest absolute Gasteiger partial charge is 0.0621 e. The van der Waals surface area contributed by atoms with Crippen LogP contribution in [0.1, 0.15) is 32.6 Å². The van der Waals surface area contributed by atoms with Crippen molar-refractivity contribution in [2.45, 2.75) is 37.9 Å². The first-order chi connectivity index (χ1) is 5.18. The van der Waals surface area contributed by atoms with E-state index in [9.17, 15) is 8.76 Å². The third-order valence-electron chi connectivity index (χ3n) is 1.48. The Bertz CT molecular complexity index is 164. The number of hydrogen-bond donors (Lipinski definition) is 0. The molecule has 0 spiro atoms. The average molecular weight is 174 g/mol. The molecule has 0 N–H and O–H groups in total. The summed E-state index contributed by atoms with van der Waals surface area (Å²) in [5.41, 5.74) is 0.